The van der Waals surface area contributed by atoms with E-state index in [2.05, 4.69) is 14.8 Å². The zero-order chi connectivity index (χ0) is 11.8. The Morgan fingerprint density at radius 1 is 1.29 bits per heavy atom. The Morgan fingerprint density at radius 3 is 3.00 bits per heavy atom. The molecule has 92 valence electrons. The largest absolute Gasteiger partial charge is 0.399 e. The number of aromatic nitrogens is 1. The lowest BCUT2D eigenvalue weighted by Crippen LogP contribution is -2.50. The number of piperazine rings is 1. The molecule has 3 heterocycles. The van der Waals surface area contributed by atoms with Crippen molar-refractivity contribution in [3.63, 3.8) is 0 Å². The van der Waals surface area contributed by atoms with Crippen LogP contribution in [0, 0.1) is 0 Å². The number of hydrogen-bond acceptors (Lipinski definition) is 4. The fourth-order valence-corrected chi connectivity index (χ4v) is 3.08. The molecule has 2 aliphatic heterocycles. The molecular formula is C12H17ClN4. The third kappa shape index (κ3) is 2.19. The molecule has 2 N–H and O–H groups in total. The number of pyridine rings is 1. The average Bonchev–Trinajstić information content (AvgIpc) is 2.74. The lowest BCUT2D eigenvalue weighted by atomic mass is 10.1. The molecule has 1 aromatic rings. The molecule has 0 amide bonds. The predicted molar refractivity (Wildman–Crippen MR) is 70.5 cm³/mol. The predicted octanol–water partition coefficient (Wildman–Crippen LogP) is 1.60. The minimum absolute atomic E-state index is 0.480. The van der Waals surface area contributed by atoms with E-state index in [-0.39, 0.29) is 0 Å². The van der Waals surface area contributed by atoms with Crippen LogP contribution in [-0.4, -0.2) is 42.1 Å². The molecule has 17 heavy (non-hydrogen) atoms. The smallest absolute Gasteiger partial charge is 0.133 e. The van der Waals surface area contributed by atoms with E-state index in [9.17, 15) is 0 Å². The first-order valence-corrected chi connectivity index (χ1v) is 6.52. The van der Waals surface area contributed by atoms with Crippen LogP contribution in [0.4, 0.5) is 11.5 Å². The molecule has 2 saturated heterocycles. The van der Waals surface area contributed by atoms with Gasteiger partial charge >= 0.3 is 0 Å². The number of fused-ring (bicyclic) bond motifs is 1. The second-order valence-electron chi connectivity index (χ2n) is 4.86. The minimum Gasteiger partial charge on any atom is -0.399 e. The highest BCUT2D eigenvalue weighted by atomic mass is 35.5. The van der Waals surface area contributed by atoms with Crippen molar-refractivity contribution >= 4 is 23.1 Å². The van der Waals surface area contributed by atoms with Gasteiger partial charge in [0.15, 0.2) is 0 Å². The van der Waals surface area contributed by atoms with Gasteiger partial charge in [-0.3, -0.25) is 4.90 Å². The highest BCUT2D eigenvalue weighted by Crippen LogP contribution is 2.26. The van der Waals surface area contributed by atoms with Crippen LogP contribution in [0.15, 0.2) is 12.1 Å². The lowest BCUT2D eigenvalue weighted by molar-refractivity contribution is 0.230. The van der Waals surface area contributed by atoms with E-state index in [0.717, 1.165) is 25.5 Å². The number of anilines is 2. The van der Waals surface area contributed by atoms with Crippen molar-refractivity contribution in [1.29, 1.82) is 0 Å². The molecule has 1 aromatic heterocycles. The van der Waals surface area contributed by atoms with Crippen molar-refractivity contribution in [1.82, 2.24) is 9.88 Å². The highest BCUT2D eigenvalue weighted by Gasteiger charge is 2.31. The average molecular weight is 253 g/mol. The molecule has 0 spiro atoms. The zero-order valence-electron chi connectivity index (χ0n) is 9.77. The molecule has 1 unspecified atom stereocenters. The van der Waals surface area contributed by atoms with Gasteiger partial charge in [0.1, 0.15) is 11.0 Å². The number of nitrogens with two attached hydrogens (primary N) is 1. The first-order chi connectivity index (χ1) is 8.22. The molecule has 5 heteroatoms. The molecule has 0 aliphatic carbocycles. The Labute approximate surface area is 106 Å². The van der Waals surface area contributed by atoms with Gasteiger partial charge in [0.05, 0.1) is 0 Å². The Bertz CT molecular complexity index is 403. The summed E-state index contributed by atoms with van der Waals surface area (Å²) in [5.41, 5.74) is 6.50. The van der Waals surface area contributed by atoms with E-state index in [1.165, 1.54) is 19.4 Å². The van der Waals surface area contributed by atoms with Crippen LogP contribution in [0.25, 0.3) is 0 Å². The molecular weight excluding hydrogens is 236 g/mol. The van der Waals surface area contributed by atoms with Crippen molar-refractivity contribution in [2.24, 2.45) is 0 Å². The lowest BCUT2D eigenvalue weighted by Gasteiger charge is -2.38. The van der Waals surface area contributed by atoms with Crippen molar-refractivity contribution in [3.8, 4) is 0 Å². The summed E-state index contributed by atoms with van der Waals surface area (Å²) in [4.78, 5) is 9.24. The third-order valence-corrected chi connectivity index (χ3v) is 3.91. The number of nitrogen functional groups attached to an aromatic ring is 1. The summed E-state index contributed by atoms with van der Waals surface area (Å²) >= 11 is 5.95. The van der Waals surface area contributed by atoms with Gasteiger partial charge in [-0.15, -0.1) is 0 Å². The number of rotatable bonds is 1. The number of nitrogens with zero attached hydrogens (tertiary/aromatic N) is 3. The Morgan fingerprint density at radius 2 is 2.18 bits per heavy atom. The van der Waals surface area contributed by atoms with E-state index in [4.69, 9.17) is 17.3 Å². The fourth-order valence-electron chi connectivity index (χ4n) is 2.86. The van der Waals surface area contributed by atoms with Crippen molar-refractivity contribution in [2.75, 3.05) is 36.8 Å². The minimum atomic E-state index is 0.480. The number of hydrogen-bond donors (Lipinski definition) is 1. The van der Waals surface area contributed by atoms with Gasteiger partial charge in [0.2, 0.25) is 0 Å². The van der Waals surface area contributed by atoms with Crippen LogP contribution in [-0.2, 0) is 0 Å². The summed E-state index contributed by atoms with van der Waals surface area (Å²) in [7, 11) is 0. The summed E-state index contributed by atoms with van der Waals surface area (Å²) in [5, 5.41) is 0.480. The van der Waals surface area contributed by atoms with Gasteiger partial charge < -0.3 is 10.6 Å². The quantitative estimate of drug-likeness (QED) is 0.772. The van der Waals surface area contributed by atoms with Crippen molar-refractivity contribution in [3.05, 3.63) is 17.3 Å². The summed E-state index contributed by atoms with van der Waals surface area (Å²) in [6, 6.07) is 4.29. The van der Waals surface area contributed by atoms with Crippen LogP contribution in [0.1, 0.15) is 12.8 Å². The molecule has 0 bridgehead atoms. The topological polar surface area (TPSA) is 45.4 Å². The van der Waals surface area contributed by atoms with Crippen LogP contribution >= 0.6 is 11.6 Å². The first kappa shape index (κ1) is 11.1. The van der Waals surface area contributed by atoms with Crippen LogP contribution in [0.3, 0.4) is 0 Å². The normalized spacial score (nSPS) is 25.0. The molecule has 2 aliphatic rings. The molecule has 4 nitrogen and oxygen atoms in total. The van der Waals surface area contributed by atoms with Crippen LogP contribution in [0.2, 0.25) is 5.15 Å². The maximum atomic E-state index is 5.95. The standard InChI is InChI=1S/C12H17ClN4/c13-11-6-9(14)7-12(15-11)17-5-4-16-3-1-2-10(16)8-17/h6-7,10H,1-5,8H2,(H2,14,15). The maximum Gasteiger partial charge on any atom is 0.133 e. The second-order valence-corrected chi connectivity index (χ2v) is 5.25. The summed E-state index contributed by atoms with van der Waals surface area (Å²) in [5.74, 6) is 0.918. The summed E-state index contributed by atoms with van der Waals surface area (Å²) in [6.07, 6.45) is 2.62. The van der Waals surface area contributed by atoms with Gasteiger partial charge in [0.25, 0.3) is 0 Å². The zero-order valence-corrected chi connectivity index (χ0v) is 10.5. The second kappa shape index (κ2) is 4.35. The van der Waals surface area contributed by atoms with Gasteiger partial charge in [-0.2, -0.15) is 0 Å². The van der Waals surface area contributed by atoms with E-state index >= 15 is 0 Å². The molecule has 0 radical (unpaired) electrons. The van der Waals surface area contributed by atoms with E-state index < -0.39 is 0 Å². The molecule has 1 atom stereocenters. The van der Waals surface area contributed by atoms with Crippen LogP contribution in [0.5, 0.6) is 0 Å². The van der Waals surface area contributed by atoms with Gasteiger partial charge in [-0.25, -0.2) is 4.98 Å². The molecule has 0 aromatic carbocycles. The van der Waals surface area contributed by atoms with Gasteiger partial charge in [-0.1, -0.05) is 11.6 Å². The van der Waals surface area contributed by atoms with E-state index in [1.807, 2.05) is 6.07 Å². The fraction of sp³-hybridized carbons (Fsp3) is 0.583. The number of halogens is 1. The molecule has 2 fully saturated rings. The Hall–Kier alpha value is -1.00. The maximum absolute atomic E-state index is 5.95. The van der Waals surface area contributed by atoms with Crippen molar-refractivity contribution in [2.45, 2.75) is 18.9 Å². The van der Waals surface area contributed by atoms with Gasteiger partial charge in [0, 0.05) is 37.4 Å². The highest BCUT2D eigenvalue weighted by molar-refractivity contribution is 6.29. The van der Waals surface area contributed by atoms with Crippen molar-refractivity contribution < 1.29 is 0 Å². The van der Waals surface area contributed by atoms with E-state index in [1.54, 1.807) is 6.07 Å². The monoisotopic (exact) mass is 252 g/mol. The third-order valence-electron chi connectivity index (χ3n) is 3.71. The SMILES string of the molecule is Nc1cc(Cl)nc(N2CCN3CCCC3C2)c1. The summed E-state index contributed by atoms with van der Waals surface area (Å²) in [6.45, 7) is 4.44. The Balaban J connectivity index is 1.80. The molecule has 0 saturated carbocycles. The summed E-state index contributed by atoms with van der Waals surface area (Å²) < 4.78 is 0. The molecule has 3 rings (SSSR count). The van der Waals surface area contributed by atoms with Crippen LogP contribution < -0.4 is 10.6 Å². The first-order valence-electron chi connectivity index (χ1n) is 6.14. The van der Waals surface area contributed by atoms with E-state index in [0.29, 0.717) is 16.9 Å². The Kier molecular flexibility index (Phi) is 2.84. The van der Waals surface area contributed by atoms with Gasteiger partial charge in [-0.05, 0) is 25.5 Å².